The van der Waals surface area contributed by atoms with Crippen LogP contribution in [0.3, 0.4) is 0 Å². The predicted molar refractivity (Wildman–Crippen MR) is 78.9 cm³/mol. The lowest BCUT2D eigenvalue weighted by atomic mass is 10.1. The van der Waals surface area contributed by atoms with Crippen LogP contribution in [0.1, 0.15) is 26.3 Å². The molecule has 0 unspecified atom stereocenters. The van der Waals surface area contributed by atoms with Crippen LogP contribution in [-0.4, -0.2) is 33.2 Å². The molecule has 0 saturated carbocycles. The molecule has 9 nitrogen and oxygen atoms in total. The third kappa shape index (κ3) is 3.90. The van der Waals surface area contributed by atoms with Crippen LogP contribution in [0.15, 0.2) is 30.5 Å². The minimum atomic E-state index is -0.945. The molecule has 0 atom stereocenters. The van der Waals surface area contributed by atoms with Crippen LogP contribution in [0.2, 0.25) is 0 Å². The van der Waals surface area contributed by atoms with Crippen LogP contribution in [0, 0.1) is 17.0 Å². The monoisotopic (exact) mass is 318 g/mol. The van der Waals surface area contributed by atoms with Crippen molar-refractivity contribution in [2.45, 2.75) is 13.5 Å². The fraction of sp³-hybridized carbons (Fsp3) is 0.214. The molecule has 9 heteroatoms. The number of hydrogen-bond acceptors (Lipinski definition) is 6. The number of aromatic nitrogens is 2. The van der Waals surface area contributed by atoms with E-state index in [1.165, 1.54) is 0 Å². The van der Waals surface area contributed by atoms with Crippen LogP contribution < -0.4 is 5.73 Å². The maximum Gasteiger partial charge on any atom is 0.402 e. The first-order valence-electron chi connectivity index (χ1n) is 6.64. The Balaban J connectivity index is 1.97. The number of ether oxygens (including phenoxy) is 1. The first-order valence-corrected chi connectivity index (χ1v) is 6.64. The molecule has 0 fully saturated rings. The molecule has 0 radical (unpaired) electrons. The minimum Gasteiger partial charge on any atom is -0.460 e. The highest BCUT2D eigenvalue weighted by molar-refractivity contribution is 5.95. The first kappa shape index (κ1) is 16.1. The largest absolute Gasteiger partial charge is 0.460 e. The first-order chi connectivity index (χ1) is 10.9. The Morgan fingerprint density at radius 3 is 2.52 bits per heavy atom. The fourth-order valence-electron chi connectivity index (χ4n) is 1.84. The van der Waals surface area contributed by atoms with Gasteiger partial charge in [0.25, 0.3) is 5.91 Å². The van der Waals surface area contributed by atoms with Gasteiger partial charge >= 0.3 is 11.8 Å². The van der Waals surface area contributed by atoms with Crippen molar-refractivity contribution in [3.63, 3.8) is 0 Å². The van der Waals surface area contributed by atoms with E-state index in [4.69, 9.17) is 10.5 Å². The Morgan fingerprint density at radius 2 is 2.00 bits per heavy atom. The van der Waals surface area contributed by atoms with Crippen LogP contribution in [0.4, 0.5) is 5.82 Å². The molecule has 0 aliphatic heterocycles. The standard InChI is InChI=1S/C14H14N4O5/c1-9-2-4-10(5-3-9)14(20)23-7-6-17-8-11(12(15)19)13(16-17)18(21)22/h2-5,8H,6-7H2,1H3,(H2,15,19). The Morgan fingerprint density at radius 1 is 1.35 bits per heavy atom. The van der Waals surface area contributed by atoms with Crippen molar-refractivity contribution < 1.29 is 19.2 Å². The van der Waals surface area contributed by atoms with E-state index in [9.17, 15) is 19.7 Å². The second-order valence-corrected chi connectivity index (χ2v) is 4.75. The van der Waals surface area contributed by atoms with Crippen LogP contribution in [-0.2, 0) is 11.3 Å². The van der Waals surface area contributed by atoms with Gasteiger partial charge in [-0.05, 0) is 24.0 Å². The lowest BCUT2D eigenvalue weighted by molar-refractivity contribution is -0.390. The quantitative estimate of drug-likeness (QED) is 0.481. The summed E-state index contributed by atoms with van der Waals surface area (Å²) in [5, 5.41) is 14.4. The van der Waals surface area contributed by atoms with E-state index in [1.54, 1.807) is 24.3 Å². The van der Waals surface area contributed by atoms with Gasteiger partial charge in [0.15, 0.2) is 5.56 Å². The summed E-state index contributed by atoms with van der Waals surface area (Å²) in [5.74, 6) is -2.08. The van der Waals surface area contributed by atoms with E-state index >= 15 is 0 Å². The van der Waals surface area contributed by atoms with Crippen molar-refractivity contribution in [3.05, 3.63) is 57.3 Å². The van der Waals surface area contributed by atoms with Crippen molar-refractivity contribution >= 4 is 17.7 Å². The number of carbonyl (C=O) groups is 2. The number of amides is 1. The van der Waals surface area contributed by atoms with Crippen molar-refractivity contribution in [2.24, 2.45) is 5.73 Å². The number of rotatable bonds is 6. The molecule has 1 heterocycles. The summed E-state index contributed by atoms with van der Waals surface area (Å²) in [5.41, 5.74) is 6.18. The van der Waals surface area contributed by atoms with E-state index in [1.807, 2.05) is 6.92 Å². The van der Waals surface area contributed by atoms with Crippen LogP contribution in [0.5, 0.6) is 0 Å². The Labute approximate surface area is 130 Å². The fourth-order valence-corrected chi connectivity index (χ4v) is 1.84. The summed E-state index contributed by atoms with van der Waals surface area (Å²) in [6, 6.07) is 6.85. The van der Waals surface area contributed by atoms with Crippen molar-refractivity contribution in [1.29, 1.82) is 0 Å². The van der Waals surface area contributed by atoms with Crippen LogP contribution in [0.25, 0.3) is 0 Å². The molecule has 0 saturated heterocycles. The molecule has 2 rings (SSSR count). The predicted octanol–water partition coefficient (Wildman–Crippen LogP) is 1.06. The summed E-state index contributed by atoms with van der Waals surface area (Å²) in [7, 11) is 0. The van der Waals surface area contributed by atoms with Gasteiger partial charge in [-0.25, -0.2) is 4.79 Å². The van der Waals surface area contributed by atoms with Gasteiger partial charge in [-0.15, -0.1) is 0 Å². The summed E-state index contributed by atoms with van der Waals surface area (Å²) in [6.07, 6.45) is 1.15. The molecule has 2 aromatic rings. The molecule has 0 aliphatic rings. The lowest BCUT2D eigenvalue weighted by Gasteiger charge is -2.03. The normalized spacial score (nSPS) is 10.3. The summed E-state index contributed by atoms with van der Waals surface area (Å²) in [6.45, 7) is 1.91. The maximum atomic E-state index is 11.8. The lowest BCUT2D eigenvalue weighted by Crippen LogP contribution is -2.12. The Kier molecular flexibility index (Phi) is 4.69. The van der Waals surface area contributed by atoms with Gasteiger partial charge in [0.2, 0.25) is 0 Å². The molecule has 0 aliphatic carbocycles. The zero-order chi connectivity index (χ0) is 17.0. The third-order valence-electron chi connectivity index (χ3n) is 3.02. The topological polar surface area (TPSA) is 130 Å². The van der Waals surface area contributed by atoms with Gasteiger partial charge in [-0.2, -0.15) is 4.68 Å². The summed E-state index contributed by atoms with van der Waals surface area (Å²) in [4.78, 5) is 32.9. The van der Waals surface area contributed by atoms with Crippen molar-refractivity contribution in [1.82, 2.24) is 9.78 Å². The highest BCUT2D eigenvalue weighted by Gasteiger charge is 2.24. The summed E-state index contributed by atoms with van der Waals surface area (Å²) >= 11 is 0. The number of aryl methyl sites for hydroxylation is 1. The molecule has 120 valence electrons. The average molecular weight is 318 g/mol. The number of carbonyl (C=O) groups excluding carboxylic acids is 2. The number of primary amides is 1. The van der Waals surface area contributed by atoms with Gasteiger partial charge in [-0.3, -0.25) is 4.79 Å². The Hall–Kier alpha value is -3.23. The maximum absolute atomic E-state index is 11.8. The number of esters is 1. The molecule has 0 bridgehead atoms. The van der Waals surface area contributed by atoms with Gasteiger partial charge in [0.05, 0.1) is 23.4 Å². The third-order valence-corrected chi connectivity index (χ3v) is 3.02. The molecule has 1 aromatic carbocycles. The zero-order valence-corrected chi connectivity index (χ0v) is 12.3. The second-order valence-electron chi connectivity index (χ2n) is 4.75. The smallest absolute Gasteiger partial charge is 0.402 e. The minimum absolute atomic E-state index is 0.0518. The SMILES string of the molecule is Cc1ccc(C(=O)OCCn2cc(C(N)=O)c([N+](=O)[O-])n2)cc1. The molecular formula is C14H14N4O5. The van der Waals surface area contributed by atoms with Crippen molar-refractivity contribution in [2.75, 3.05) is 6.61 Å². The van der Waals surface area contributed by atoms with Gasteiger partial charge in [0.1, 0.15) is 6.61 Å². The molecule has 2 N–H and O–H groups in total. The molecule has 1 amide bonds. The number of nitrogens with two attached hydrogens (primary N) is 1. The Bertz CT molecular complexity index is 720. The van der Waals surface area contributed by atoms with Gasteiger partial charge in [0, 0.05) is 0 Å². The number of benzene rings is 1. The molecule has 0 spiro atoms. The zero-order valence-electron chi connectivity index (χ0n) is 12.3. The average Bonchev–Trinajstić information content (AvgIpc) is 2.92. The van der Waals surface area contributed by atoms with Gasteiger partial charge in [-0.1, -0.05) is 17.7 Å². The highest BCUT2D eigenvalue weighted by atomic mass is 16.6. The molecule has 1 aromatic heterocycles. The molecule has 23 heavy (non-hydrogen) atoms. The number of nitro groups is 1. The number of hydrogen-bond donors (Lipinski definition) is 1. The van der Waals surface area contributed by atoms with E-state index in [-0.39, 0.29) is 18.7 Å². The summed E-state index contributed by atoms with van der Waals surface area (Å²) < 4.78 is 6.20. The van der Waals surface area contributed by atoms with E-state index in [0.717, 1.165) is 16.4 Å². The van der Waals surface area contributed by atoms with Gasteiger partial charge < -0.3 is 20.6 Å². The number of nitrogens with zero attached hydrogens (tertiary/aromatic N) is 3. The second kappa shape index (κ2) is 6.69. The highest BCUT2D eigenvalue weighted by Crippen LogP contribution is 2.14. The van der Waals surface area contributed by atoms with E-state index in [2.05, 4.69) is 5.10 Å². The van der Waals surface area contributed by atoms with E-state index < -0.39 is 22.6 Å². The molecular weight excluding hydrogens is 304 g/mol. The van der Waals surface area contributed by atoms with E-state index in [0.29, 0.717) is 5.56 Å². The van der Waals surface area contributed by atoms with Crippen molar-refractivity contribution in [3.8, 4) is 0 Å². The van der Waals surface area contributed by atoms with Crippen LogP contribution >= 0.6 is 0 Å².